The second-order valence-corrected chi connectivity index (χ2v) is 11.0. The SMILES string of the molecule is C=CC(=O)Nc1cc(N2CCN(CC)CC2)ccc1Nc1ncc2c(n1)N(C)CC(c1c(Cl)c(OC)cc(OC)c1Cl)=C2. The van der Waals surface area contributed by atoms with Crippen LogP contribution in [0.1, 0.15) is 18.1 Å². The molecule has 43 heavy (non-hydrogen) atoms. The van der Waals surface area contributed by atoms with E-state index in [4.69, 9.17) is 37.7 Å². The molecule has 3 aromatic rings. The number of halogens is 2. The highest BCUT2D eigenvalue weighted by molar-refractivity contribution is 6.39. The largest absolute Gasteiger partial charge is 0.495 e. The van der Waals surface area contributed by atoms with Gasteiger partial charge in [0.1, 0.15) is 17.3 Å². The lowest BCUT2D eigenvalue weighted by atomic mass is 9.99. The molecule has 1 saturated heterocycles. The lowest BCUT2D eigenvalue weighted by molar-refractivity contribution is -0.111. The standard InChI is InChI=1S/C31H35Cl2N7O3/c1-6-26(41)35-23-15-21(40-12-10-39(7-2)11-13-40)8-9-22(23)36-31-34-17-19-14-20(18-38(3)30(19)37-31)27-28(32)24(42-4)16-25(43-5)29(27)33/h6,8-9,14-17H,1,7,10-13,18H2,2-5H3,(H,35,41)(H,34,36,37). The highest BCUT2D eigenvalue weighted by atomic mass is 35.5. The first-order valence-corrected chi connectivity index (χ1v) is 14.7. The number of rotatable bonds is 9. The van der Waals surface area contributed by atoms with Crippen molar-refractivity contribution < 1.29 is 14.3 Å². The molecule has 10 nitrogen and oxygen atoms in total. The zero-order valence-electron chi connectivity index (χ0n) is 24.7. The van der Waals surface area contributed by atoms with Crippen LogP contribution in [0.25, 0.3) is 11.6 Å². The second-order valence-electron chi connectivity index (χ2n) is 10.3. The summed E-state index contributed by atoms with van der Waals surface area (Å²) in [4.78, 5) is 28.4. The summed E-state index contributed by atoms with van der Waals surface area (Å²) in [5.41, 5.74) is 4.63. The summed E-state index contributed by atoms with van der Waals surface area (Å²) in [6, 6.07) is 7.62. The summed E-state index contributed by atoms with van der Waals surface area (Å²) < 4.78 is 10.9. The van der Waals surface area contributed by atoms with Crippen LogP contribution in [0.5, 0.6) is 11.5 Å². The van der Waals surface area contributed by atoms with Gasteiger partial charge in [-0.05, 0) is 42.5 Å². The molecule has 0 atom stereocenters. The van der Waals surface area contributed by atoms with Crippen molar-refractivity contribution in [3.05, 3.63) is 64.3 Å². The van der Waals surface area contributed by atoms with Crippen molar-refractivity contribution in [2.75, 3.05) is 81.0 Å². The van der Waals surface area contributed by atoms with Crippen molar-refractivity contribution in [3.8, 4) is 11.5 Å². The van der Waals surface area contributed by atoms with E-state index in [1.807, 2.05) is 36.2 Å². The molecule has 1 fully saturated rings. The molecule has 12 heteroatoms. The normalized spacial score (nSPS) is 15.0. The minimum absolute atomic E-state index is 0.300. The Morgan fingerprint density at radius 3 is 2.40 bits per heavy atom. The molecule has 0 bridgehead atoms. The van der Waals surface area contributed by atoms with Crippen LogP contribution in [0.4, 0.5) is 28.8 Å². The Labute approximate surface area is 261 Å². The number of hydrogen-bond acceptors (Lipinski definition) is 9. The number of amides is 1. The molecule has 0 spiro atoms. The molecule has 3 heterocycles. The zero-order valence-corrected chi connectivity index (χ0v) is 26.2. The Bertz CT molecular complexity index is 1540. The maximum atomic E-state index is 12.3. The van der Waals surface area contributed by atoms with Crippen LogP contribution in [-0.4, -0.2) is 81.3 Å². The molecule has 2 aromatic carbocycles. The fraction of sp³-hybridized carbons (Fsp3) is 0.323. The van der Waals surface area contributed by atoms with Gasteiger partial charge < -0.3 is 34.8 Å². The van der Waals surface area contributed by atoms with E-state index in [0.717, 1.165) is 55.4 Å². The van der Waals surface area contributed by atoms with Crippen LogP contribution in [-0.2, 0) is 4.79 Å². The number of anilines is 5. The van der Waals surface area contributed by atoms with Crippen molar-refractivity contribution in [2.45, 2.75) is 6.92 Å². The van der Waals surface area contributed by atoms with Crippen molar-refractivity contribution in [1.29, 1.82) is 0 Å². The predicted octanol–water partition coefficient (Wildman–Crippen LogP) is 5.80. The molecule has 0 saturated carbocycles. The monoisotopic (exact) mass is 623 g/mol. The average molecular weight is 625 g/mol. The third-order valence-electron chi connectivity index (χ3n) is 7.67. The fourth-order valence-corrected chi connectivity index (χ4v) is 6.04. The number of methoxy groups -OCH3 is 2. The van der Waals surface area contributed by atoms with E-state index >= 15 is 0 Å². The Morgan fingerprint density at radius 2 is 1.77 bits per heavy atom. The molecular weight excluding hydrogens is 589 g/mol. The zero-order chi connectivity index (χ0) is 30.7. The summed E-state index contributed by atoms with van der Waals surface area (Å²) in [6.07, 6.45) is 4.96. The lowest BCUT2D eigenvalue weighted by Crippen LogP contribution is -2.46. The third kappa shape index (κ3) is 6.36. The van der Waals surface area contributed by atoms with E-state index in [1.54, 1.807) is 26.5 Å². The Hall–Kier alpha value is -3.99. The summed E-state index contributed by atoms with van der Waals surface area (Å²) in [5.74, 6) is 1.75. The van der Waals surface area contributed by atoms with E-state index in [-0.39, 0.29) is 5.91 Å². The predicted molar refractivity (Wildman–Crippen MR) is 176 cm³/mol. The van der Waals surface area contributed by atoms with Crippen LogP contribution in [0.2, 0.25) is 10.0 Å². The number of piperazine rings is 1. The number of fused-ring (bicyclic) bond motifs is 1. The third-order valence-corrected chi connectivity index (χ3v) is 8.42. The van der Waals surface area contributed by atoms with Gasteiger partial charge in [0.25, 0.3) is 0 Å². The van der Waals surface area contributed by atoms with Gasteiger partial charge >= 0.3 is 0 Å². The molecule has 226 valence electrons. The van der Waals surface area contributed by atoms with Crippen molar-refractivity contribution in [2.24, 2.45) is 0 Å². The van der Waals surface area contributed by atoms with Crippen molar-refractivity contribution in [1.82, 2.24) is 14.9 Å². The molecule has 2 aliphatic heterocycles. The van der Waals surface area contributed by atoms with Gasteiger partial charge in [0.2, 0.25) is 11.9 Å². The van der Waals surface area contributed by atoms with Crippen molar-refractivity contribution >= 4 is 69.6 Å². The van der Waals surface area contributed by atoms with E-state index in [0.29, 0.717) is 51.0 Å². The first kappa shape index (κ1) is 30.5. The molecule has 2 aliphatic rings. The molecule has 2 N–H and O–H groups in total. The van der Waals surface area contributed by atoms with Crippen LogP contribution in [0.3, 0.4) is 0 Å². The lowest BCUT2D eigenvalue weighted by Gasteiger charge is -2.35. The number of nitrogens with zero attached hydrogens (tertiary/aromatic N) is 5. The maximum Gasteiger partial charge on any atom is 0.247 e. The van der Waals surface area contributed by atoms with Gasteiger partial charge in [-0.3, -0.25) is 4.79 Å². The topological polar surface area (TPSA) is 95.1 Å². The van der Waals surface area contributed by atoms with Gasteiger partial charge in [0.05, 0.1) is 35.6 Å². The van der Waals surface area contributed by atoms with E-state index in [2.05, 4.69) is 38.9 Å². The number of nitrogens with one attached hydrogen (secondary N) is 2. The van der Waals surface area contributed by atoms with E-state index < -0.39 is 0 Å². The van der Waals surface area contributed by atoms with Gasteiger partial charge in [-0.2, -0.15) is 4.98 Å². The number of benzene rings is 2. The summed E-state index contributed by atoms with van der Waals surface area (Å²) >= 11 is 13.4. The number of likely N-dealkylation sites (N-methyl/N-ethyl adjacent to an activating group) is 2. The Morgan fingerprint density at radius 1 is 1.07 bits per heavy atom. The summed E-state index contributed by atoms with van der Waals surface area (Å²) in [5, 5.41) is 7.02. The average Bonchev–Trinajstić information content (AvgIpc) is 3.02. The van der Waals surface area contributed by atoms with E-state index in [9.17, 15) is 4.79 Å². The minimum Gasteiger partial charge on any atom is -0.495 e. The summed E-state index contributed by atoms with van der Waals surface area (Å²) in [6.45, 7) is 11.2. The van der Waals surface area contributed by atoms with Crippen LogP contribution in [0.15, 0.2) is 43.1 Å². The van der Waals surface area contributed by atoms with Gasteiger partial charge in [-0.15, -0.1) is 0 Å². The van der Waals surface area contributed by atoms with Crippen LogP contribution in [0, 0.1) is 0 Å². The number of ether oxygens (including phenoxy) is 2. The maximum absolute atomic E-state index is 12.3. The molecular formula is C31H35Cl2N7O3. The fourth-order valence-electron chi connectivity index (χ4n) is 5.30. The van der Waals surface area contributed by atoms with Gasteiger partial charge in [0, 0.05) is 68.8 Å². The molecule has 5 rings (SSSR count). The van der Waals surface area contributed by atoms with Crippen LogP contribution < -0.4 is 29.9 Å². The quantitative estimate of drug-likeness (QED) is 0.287. The second kappa shape index (κ2) is 13.1. The highest BCUT2D eigenvalue weighted by Gasteiger charge is 2.26. The van der Waals surface area contributed by atoms with Crippen LogP contribution >= 0.6 is 23.2 Å². The molecule has 0 aliphatic carbocycles. The first-order valence-electron chi connectivity index (χ1n) is 14.0. The summed E-state index contributed by atoms with van der Waals surface area (Å²) in [7, 11) is 5.03. The number of carbonyl (C=O) groups excluding carboxylic acids is 1. The van der Waals surface area contributed by atoms with Gasteiger partial charge in [-0.25, -0.2) is 4.98 Å². The highest BCUT2D eigenvalue weighted by Crippen LogP contribution is 2.45. The smallest absolute Gasteiger partial charge is 0.247 e. The molecule has 1 aromatic heterocycles. The molecule has 0 unspecified atom stereocenters. The van der Waals surface area contributed by atoms with E-state index in [1.165, 1.54) is 6.08 Å². The minimum atomic E-state index is -0.300. The van der Waals surface area contributed by atoms with Crippen molar-refractivity contribution in [3.63, 3.8) is 0 Å². The molecule has 0 radical (unpaired) electrons. The molecule has 1 amide bonds. The Balaban J connectivity index is 1.44. The Kier molecular flexibility index (Phi) is 9.29. The number of hydrogen-bond donors (Lipinski definition) is 2. The van der Waals surface area contributed by atoms with Gasteiger partial charge in [0.15, 0.2) is 0 Å². The number of aromatic nitrogens is 2. The first-order chi connectivity index (χ1) is 20.8. The van der Waals surface area contributed by atoms with Gasteiger partial charge in [-0.1, -0.05) is 36.7 Å². The number of carbonyl (C=O) groups is 1.